The molecule has 1 rings (SSSR count). The fourth-order valence-electron chi connectivity index (χ4n) is 8.41. The molecule has 2 unspecified atom stereocenters. The molecular weight excluding hydrogens is 885 g/mol. The summed E-state index contributed by atoms with van der Waals surface area (Å²) in [5.74, 6) is -1.98. The maximum Gasteiger partial charge on any atom is 0.306 e. The largest absolute Gasteiger partial charge is 0.462 e. The smallest absolute Gasteiger partial charge is 0.306 e. The van der Waals surface area contributed by atoms with Crippen molar-refractivity contribution in [1.82, 2.24) is 0 Å². The van der Waals surface area contributed by atoms with Gasteiger partial charge in [-0.3, -0.25) is 14.1 Å². The molecular formula is C55H100O12S. The van der Waals surface area contributed by atoms with Crippen LogP contribution in [0.3, 0.4) is 0 Å². The van der Waals surface area contributed by atoms with Crippen LogP contribution in [0.5, 0.6) is 0 Å². The highest BCUT2D eigenvalue weighted by Gasteiger charge is 2.46. The van der Waals surface area contributed by atoms with Crippen LogP contribution in [0.1, 0.15) is 245 Å². The Morgan fingerprint density at radius 1 is 0.500 bits per heavy atom. The fourth-order valence-corrected chi connectivity index (χ4v) is 9.10. The van der Waals surface area contributed by atoms with Crippen LogP contribution in [0.4, 0.5) is 0 Å². The maximum absolute atomic E-state index is 12.9. The molecule has 0 amide bonds. The van der Waals surface area contributed by atoms with Crippen molar-refractivity contribution in [2.75, 3.05) is 19.0 Å². The van der Waals surface area contributed by atoms with Gasteiger partial charge in [0.15, 0.2) is 12.4 Å². The van der Waals surface area contributed by atoms with Gasteiger partial charge in [-0.15, -0.1) is 0 Å². The molecule has 1 aliphatic rings. The number of allylic oxidation sites excluding steroid dienone is 6. The Morgan fingerprint density at radius 2 is 0.882 bits per heavy atom. The lowest BCUT2D eigenvalue weighted by Crippen LogP contribution is -2.60. The third-order valence-corrected chi connectivity index (χ3v) is 13.4. The first kappa shape index (κ1) is 63.9. The minimum Gasteiger partial charge on any atom is -0.462 e. The summed E-state index contributed by atoms with van der Waals surface area (Å²) in [5.41, 5.74) is 0. The molecule has 68 heavy (non-hydrogen) atoms. The average Bonchev–Trinajstić information content (AvgIpc) is 3.31. The summed E-state index contributed by atoms with van der Waals surface area (Å²) in [6.07, 6.45) is 44.6. The van der Waals surface area contributed by atoms with Gasteiger partial charge in [-0.2, -0.15) is 8.42 Å². The van der Waals surface area contributed by atoms with E-state index < -0.39 is 71.2 Å². The molecule has 12 nitrogen and oxygen atoms in total. The molecule has 1 aliphatic heterocycles. The van der Waals surface area contributed by atoms with Gasteiger partial charge >= 0.3 is 11.9 Å². The Morgan fingerprint density at radius 3 is 1.34 bits per heavy atom. The number of hydrogen-bond acceptors (Lipinski definition) is 11. The quantitative estimate of drug-likeness (QED) is 0.0196. The molecule has 0 aliphatic carbocycles. The van der Waals surface area contributed by atoms with Gasteiger partial charge in [0.25, 0.3) is 10.1 Å². The van der Waals surface area contributed by atoms with Crippen LogP contribution in [0.2, 0.25) is 0 Å². The van der Waals surface area contributed by atoms with E-state index in [0.717, 1.165) is 51.4 Å². The van der Waals surface area contributed by atoms with Crippen LogP contribution in [0.15, 0.2) is 36.5 Å². The van der Waals surface area contributed by atoms with Crippen LogP contribution in [0.25, 0.3) is 0 Å². The van der Waals surface area contributed by atoms with Gasteiger partial charge in [0.05, 0.1) is 6.61 Å². The van der Waals surface area contributed by atoms with Gasteiger partial charge in [0.1, 0.15) is 36.8 Å². The molecule has 0 spiro atoms. The zero-order valence-corrected chi connectivity index (χ0v) is 43.8. The normalized spacial score (nSPS) is 19.4. The number of carbonyl (C=O) groups is 2. The zero-order chi connectivity index (χ0) is 49.8. The van der Waals surface area contributed by atoms with Crippen LogP contribution in [-0.2, 0) is 38.7 Å². The third kappa shape index (κ3) is 38.6. The van der Waals surface area contributed by atoms with E-state index >= 15 is 0 Å². The van der Waals surface area contributed by atoms with Crippen LogP contribution in [0, 0.1) is 0 Å². The van der Waals surface area contributed by atoms with Gasteiger partial charge in [-0.05, 0) is 70.6 Å². The molecule has 13 heteroatoms. The van der Waals surface area contributed by atoms with Crippen LogP contribution >= 0.6 is 0 Å². The molecule has 0 aromatic rings. The van der Waals surface area contributed by atoms with Crippen molar-refractivity contribution in [3.05, 3.63) is 36.5 Å². The van der Waals surface area contributed by atoms with Gasteiger partial charge in [-0.1, -0.05) is 198 Å². The van der Waals surface area contributed by atoms with E-state index in [1.165, 1.54) is 154 Å². The lowest BCUT2D eigenvalue weighted by Gasteiger charge is -2.40. The first-order valence-corrected chi connectivity index (χ1v) is 29.2. The number of esters is 2. The summed E-state index contributed by atoms with van der Waals surface area (Å²) >= 11 is 0. The SMILES string of the molecule is CCCCC/C=C/C/C=C/CCCCCCCCCCCC(=O)OC[C@H](CO[C@H]1O[C@H](CS(=O)(=O)O)[C@@H](O)C(O)C1O)OC(=O)CCCCCCCCCCCCC/C=C/CCCCCCCC. The number of rotatable bonds is 47. The van der Waals surface area contributed by atoms with E-state index in [4.69, 9.17) is 18.9 Å². The summed E-state index contributed by atoms with van der Waals surface area (Å²) in [4.78, 5) is 25.6. The second-order valence-electron chi connectivity index (χ2n) is 19.2. The topological polar surface area (TPSA) is 186 Å². The van der Waals surface area contributed by atoms with Gasteiger partial charge in [-0.25, -0.2) is 0 Å². The molecule has 398 valence electrons. The van der Waals surface area contributed by atoms with E-state index in [0.29, 0.717) is 12.8 Å². The molecule has 0 saturated carbocycles. The molecule has 1 fully saturated rings. The molecule has 0 aromatic heterocycles. The van der Waals surface area contributed by atoms with Gasteiger partial charge < -0.3 is 34.3 Å². The van der Waals surface area contributed by atoms with Crippen molar-refractivity contribution in [2.24, 2.45) is 0 Å². The second-order valence-corrected chi connectivity index (χ2v) is 20.7. The van der Waals surface area contributed by atoms with Gasteiger partial charge in [0, 0.05) is 12.8 Å². The monoisotopic (exact) mass is 985 g/mol. The summed E-state index contributed by atoms with van der Waals surface area (Å²) in [5, 5.41) is 31.0. The van der Waals surface area contributed by atoms with Crippen molar-refractivity contribution in [2.45, 2.75) is 282 Å². The number of aliphatic hydroxyl groups excluding tert-OH is 3. The second kappa shape index (κ2) is 44.8. The minimum atomic E-state index is -4.61. The van der Waals surface area contributed by atoms with Crippen molar-refractivity contribution in [1.29, 1.82) is 0 Å². The molecule has 1 saturated heterocycles. The van der Waals surface area contributed by atoms with E-state index in [2.05, 4.69) is 50.3 Å². The summed E-state index contributed by atoms with van der Waals surface area (Å²) in [7, 11) is -4.61. The standard InChI is InChI=1S/C55H100O12S/c1-3-5-7-9-11-13-15-17-19-21-23-24-26-28-30-32-34-36-38-40-42-44-51(57)66-48(46-65-55-54(60)53(59)52(58)49(67-55)47-68(61,62)63)45-64-50(56)43-41-39-37-35-33-31-29-27-25-22-20-18-16-14-12-10-8-6-4-2/h12,14,17-20,48-49,52-55,58-60H,3-11,13,15-16,21-47H2,1-2H3,(H,61,62,63)/b14-12+,19-17+,20-18+/t48-,49-,52-,53?,54?,55+/m1/s1. The Kier molecular flexibility index (Phi) is 42.1. The van der Waals surface area contributed by atoms with Crippen molar-refractivity contribution in [3.8, 4) is 0 Å². The Labute approximate surface area is 414 Å². The van der Waals surface area contributed by atoms with E-state index in [-0.39, 0.29) is 19.4 Å². The first-order valence-electron chi connectivity index (χ1n) is 27.5. The summed E-state index contributed by atoms with van der Waals surface area (Å²) in [6.45, 7) is 3.77. The molecule has 4 N–H and O–H groups in total. The Bertz CT molecular complexity index is 1380. The maximum atomic E-state index is 12.9. The lowest BCUT2D eigenvalue weighted by molar-refractivity contribution is -0.297. The summed E-state index contributed by atoms with van der Waals surface area (Å²) in [6, 6.07) is 0. The molecule has 1 heterocycles. The Balaban J connectivity index is 2.34. The highest BCUT2D eigenvalue weighted by molar-refractivity contribution is 7.85. The fraction of sp³-hybridized carbons (Fsp3) is 0.855. The number of hydrogen-bond donors (Lipinski definition) is 4. The predicted molar refractivity (Wildman–Crippen MR) is 275 cm³/mol. The van der Waals surface area contributed by atoms with Crippen molar-refractivity contribution < 1.29 is 56.8 Å². The highest BCUT2D eigenvalue weighted by atomic mass is 32.2. The summed E-state index contributed by atoms with van der Waals surface area (Å²) < 4.78 is 54.3. The van der Waals surface area contributed by atoms with Crippen molar-refractivity contribution in [3.63, 3.8) is 0 Å². The average molecular weight is 985 g/mol. The molecule has 0 bridgehead atoms. The lowest BCUT2D eigenvalue weighted by atomic mass is 10.00. The predicted octanol–water partition coefficient (Wildman–Crippen LogP) is 12.9. The van der Waals surface area contributed by atoms with E-state index in [1.807, 2.05) is 0 Å². The number of carbonyl (C=O) groups excluding carboxylic acids is 2. The number of aliphatic hydroxyl groups is 3. The minimum absolute atomic E-state index is 0.164. The van der Waals surface area contributed by atoms with Crippen LogP contribution in [-0.4, -0.2) is 96.0 Å². The number of ether oxygens (including phenoxy) is 4. The van der Waals surface area contributed by atoms with Gasteiger partial charge in [0.2, 0.25) is 0 Å². The first-order chi connectivity index (χ1) is 33.0. The molecule has 6 atom stereocenters. The Hall–Kier alpha value is -2.13. The highest BCUT2D eigenvalue weighted by Crippen LogP contribution is 2.24. The van der Waals surface area contributed by atoms with Crippen LogP contribution < -0.4 is 0 Å². The third-order valence-electron chi connectivity index (χ3n) is 12.7. The van der Waals surface area contributed by atoms with E-state index in [1.54, 1.807) is 0 Å². The van der Waals surface area contributed by atoms with E-state index in [9.17, 15) is 37.9 Å². The van der Waals surface area contributed by atoms with Crippen molar-refractivity contribution >= 4 is 22.1 Å². The zero-order valence-electron chi connectivity index (χ0n) is 43.0. The molecule has 0 radical (unpaired) electrons. The number of unbranched alkanes of at least 4 members (excludes halogenated alkanes) is 29. The molecule has 0 aromatic carbocycles.